The van der Waals surface area contributed by atoms with Gasteiger partial charge in [-0.2, -0.15) is 11.8 Å². The number of carboxylic acid groups (broad SMARTS) is 1. The van der Waals surface area contributed by atoms with Gasteiger partial charge >= 0.3 is 5.97 Å². The average molecular weight is 243 g/mol. The van der Waals surface area contributed by atoms with E-state index in [1.807, 2.05) is 0 Å². The molecule has 1 saturated carbocycles. The van der Waals surface area contributed by atoms with Crippen LogP contribution in [0.25, 0.3) is 0 Å². The smallest absolute Gasteiger partial charge is 0.306 e. The monoisotopic (exact) mass is 243 g/mol. The maximum absolute atomic E-state index is 10.9. The molecule has 1 aliphatic carbocycles. The normalized spacial score (nSPS) is 35.1. The molecule has 1 saturated heterocycles. The fourth-order valence-electron chi connectivity index (χ4n) is 2.70. The largest absolute Gasteiger partial charge is 0.481 e. The lowest BCUT2D eigenvalue weighted by Crippen LogP contribution is -2.39. The van der Waals surface area contributed by atoms with Crippen molar-refractivity contribution < 1.29 is 9.90 Å². The van der Waals surface area contributed by atoms with E-state index in [2.05, 4.69) is 17.1 Å². The standard InChI is InChI=1S/C12H21NO2S/c14-12(15)9-3-1-4-10(7-9)13-8-11-5-2-6-16-11/h9-11,13H,1-8H2,(H,14,15). The minimum atomic E-state index is -0.609. The number of hydrogen-bond acceptors (Lipinski definition) is 3. The highest BCUT2D eigenvalue weighted by atomic mass is 32.2. The zero-order chi connectivity index (χ0) is 11.4. The predicted molar refractivity (Wildman–Crippen MR) is 66.9 cm³/mol. The van der Waals surface area contributed by atoms with Gasteiger partial charge in [-0.25, -0.2) is 0 Å². The van der Waals surface area contributed by atoms with Gasteiger partial charge in [-0.15, -0.1) is 0 Å². The van der Waals surface area contributed by atoms with Crippen LogP contribution in [0.1, 0.15) is 38.5 Å². The van der Waals surface area contributed by atoms with Gasteiger partial charge in [0.05, 0.1) is 5.92 Å². The number of carboxylic acids is 1. The molecule has 92 valence electrons. The number of thioether (sulfide) groups is 1. The molecule has 1 heterocycles. The van der Waals surface area contributed by atoms with Crippen LogP contribution in [-0.2, 0) is 4.79 Å². The quantitative estimate of drug-likeness (QED) is 0.794. The molecule has 2 aliphatic rings. The molecule has 0 bridgehead atoms. The molecule has 0 aromatic heterocycles. The van der Waals surface area contributed by atoms with E-state index in [4.69, 9.17) is 5.11 Å². The molecule has 1 aliphatic heterocycles. The van der Waals surface area contributed by atoms with Crippen LogP contribution in [0.15, 0.2) is 0 Å². The van der Waals surface area contributed by atoms with Crippen molar-refractivity contribution in [2.45, 2.75) is 49.8 Å². The van der Waals surface area contributed by atoms with Crippen molar-refractivity contribution >= 4 is 17.7 Å². The lowest BCUT2D eigenvalue weighted by molar-refractivity contribution is -0.143. The van der Waals surface area contributed by atoms with Crippen molar-refractivity contribution in [1.29, 1.82) is 0 Å². The Bertz CT molecular complexity index is 241. The van der Waals surface area contributed by atoms with E-state index >= 15 is 0 Å². The first-order valence-corrected chi connectivity index (χ1v) is 7.38. The number of nitrogens with one attached hydrogen (secondary N) is 1. The van der Waals surface area contributed by atoms with E-state index in [-0.39, 0.29) is 5.92 Å². The van der Waals surface area contributed by atoms with Crippen LogP contribution in [0, 0.1) is 5.92 Å². The van der Waals surface area contributed by atoms with Gasteiger partial charge in [0.25, 0.3) is 0 Å². The zero-order valence-corrected chi connectivity index (χ0v) is 10.5. The van der Waals surface area contributed by atoms with Crippen LogP contribution in [-0.4, -0.2) is 34.7 Å². The number of rotatable bonds is 4. The Hall–Kier alpha value is -0.220. The first-order valence-electron chi connectivity index (χ1n) is 6.33. The second-order valence-corrected chi connectivity index (χ2v) is 6.35. The van der Waals surface area contributed by atoms with Gasteiger partial charge < -0.3 is 10.4 Å². The molecule has 2 rings (SSSR count). The summed E-state index contributed by atoms with van der Waals surface area (Å²) >= 11 is 2.06. The van der Waals surface area contributed by atoms with Crippen LogP contribution in [0.2, 0.25) is 0 Å². The highest BCUT2D eigenvalue weighted by Crippen LogP contribution is 2.27. The van der Waals surface area contributed by atoms with Gasteiger partial charge in [0.1, 0.15) is 0 Å². The molecule has 2 fully saturated rings. The molecule has 0 aromatic rings. The third kappa shape index (κ3) is 3.39. The van der Waals surface area contributed by atoms with Gasteiger partial charge in [0, 0.05) is 17.8 Å². The Morgan fingerprint density at radius 3 is 2.88 bits per heavy atom. The van der Waals surface area contributed by atoms with Gasteiger partial charge in [-0.1, -0.05) is 6.42 Å². The van der Waals surface area contributed by atoms with Gasteiger partial charge in [-0.3, -0.25) is 4.79 Å². The van der Waals surface area contributed by atoms with Crippen molar-refractivity contribution in [1.82, 2.24) is 5.32 Å². The summed E-state index contributed by atoms with van der Waals surface area (Å²) in [5, 5.41) is 13.3. The van der Waals surface area contributed by atoms with E-state index in [9.17, 15) is 4.79 Å². The third-order valence-corrected chi connectivity index (χ3v) is 5.08. The molecule has 3 nitrogen and oxygen atoms in total. The molecule has 4 heteroatoms. The number of carbonyl (C=O) groups is 1. The summed E-state index contributed by atoms with van der Waals surface area (Å²) < 4.78 is 0. The molecule has 0 aromatic carbocycles. The lowest BCUT2D eigenvalue weighted by atomic mass is 9.86. The summed E-state index contributed by atoms with van der Waals surface area (Å²) in [6.07, 6.45) is 6.58. The van der Waals surface area contributed by atoms with Gasteiger partial charge in [0.2, 0.25) is 0 Å². The number of aliphatic carboxylic acids is 1. The molecule has 0 radical (unpaired) electrons. The van der Waals surface area contributed by atoms with E-state index in [1.54, 1.807) is 0 Å². The molecule has 3 unspecified atom stereocenters. The Labute approximate surface area is 101 Å². The first-order chi connectivity index (χ1) is 7.75. The zero-order valence-electron chi connectivity index (χ0n) is 9.65. The van der Waals surface area contributed by atoms with Crippen LogP contribution in [0.5, 0.6) is 0 Å². The second-order valence-electron chi connectivity index (χ2n) is 4.94. The summed E-state index contributed by atoms with van der Waals surface area (Å²) in [4.78, 5) is 10.9. The number of hydrogen-bond donors (Lipinski definition) is 2. The van der Waals surface area contributed by atoms with Crippen molar-refractivity contribution in [3.63, 3.8) is 0 Å². The fraction of sp³-hybridized carbons (Fsp3) is 0.917. The Morgan fingerprint density at radius 1 is 1.31 bits per heavy atom. The minimum Gasteiger partial charge on any atom is -0.481 e. The first kappa shape index (κ1) is 12.2. The van der Waals surface area contributed by atoms with E-state index in [1.165, 1.54) is 18.6 Å². The summed E-state index contributed by atoms with van der Waals surface area (Å²) in [6, 6.07) is 0.441. The van der Waals surface area contributed by atoms with Crippen molar-refractivity contribution in [3.8, 4) is 0 Å². The van der Waals surface area contributed by atoms with Crippen molar-refractivity contribution in [2.75, 3.05) is 12.3 Å². The Morgan fingerprint density at radius 2 is 2.19 bits per heavy atom. The van der Waals surface area contributed by atoms with Crippen LogP contribution in [0.3, 0.4) is 0 Å². The topological polar surface area (TPSA) is 49.3 Å². The molecule has 0 amide bonds. The second kappa shape index (κ2) is 5.92. The van der Waals surface area contributed by atoms with Crippen LogP contribution < -0.4 is 5.32 Å². The summed E-state index contributed by atoms with van der Waals surface area (Å²) in [5.41, 5.74) is 0. The molecule has 0 spiro atoms. The molecule has 3 atom stereocenters. The van der Waals surface area contributed by atoms with E-state index in [0.29, 0.717) is 6.04 Å². The van der Waals surface area contributed by atoms with Crippen molar-refractivity contribution in [2.24, 2.45) is 5.92 Å². The maximum Gasteiger partial charge on any atom is 0.306 e. The van der Waals surface area contributed by atoms with E-state index < -0.39 is 5.97 Å². The van der Waals surface area contributed by atoms with Crippen molar-refractivity contribution in [3.05, 3.63) is 0 Å². The molecule has 2 N–H and O–H groups in total. The van der Waals surface area contributed by atoms with Gasteiger partial charge in [0.15, 0.2) is 0 Å². The molecular formula is C12H21NO2S. The fourth-order valence-corrected chi connectivity index (χ4v) is 3.92. The van der Waals surface area contributed by atoms with Gasteiger partial charge in [-0.05, 0) is 37.9 Å². The maximum atomic E-state index is 10.9. The summed E-state index contributed by atoms with van der Waals surface area (Å²) in [7, 11) is 0. The Kier molecular flexibility index (Phi) is 4.53. The lowest BCUT2D eigenvalue weighted by Gasteiger charge is -2.28. The molecular weight excluding hydrogens is 222 g/mol. The minimum absolute atomic E-state index is 0.109. The average Bonchev–Trinajstić information content (AvgIpc) is 2.79. The highest BCUT2D eigenvalue weighted by Gasteiger charge is 2.27. The molecule has 16 heavy (non-hydrogen) atoms. The predicted octanol–water partition coefficient (Wildman–Crippen LogP) is 2.12. The Balaban J connectivity index is 1.70. The summed E-state index contributed by atoms with van der Waals surface area (Å²) in [5.74, 6) is 0.582. The van der Waals surface area contributed by atoms with Crippen LogP contribution in [0.4, 0.5) is 0 Å². The van der Waals surface area contributed by atoms with E-state index in [0.717, 1.165) is 37.5 Å². The summed E-state index contributed by atoms with van der Waals surface area (Å²) in [6.45, 7) is 1.07. The van der Waals surface area contributed by atoms with Crippen LogP contribution >= 0.6 is 11.8 Å². The third-order valence-electron chi connectivity index (χ3n) is 3.68. The SMILES string of the molecule is O=C(O)C1CCCC(NCC2CCCS2)C1. The highest BCUT2D eigenvalue weighted by molar-refractivity contribution is 8.00.